The number of amides is 2. The average Bonchev–Trinajstić information content (AvgIpc) is 3.28. The van der Waals surface area contributed by atoms with Crippen LogP contribution in [-0.2, 0) is 16.1 Å². The second-order valence-corrected chi connectivity index (χ2v) is 9.67. The van der Waals surface area contributed by atoms with Gasteiger partial charge in [-0.05, 0) is 61.0 Å². The van der Waals surface area contributed by atoms with Crippen LogP contribution < -0.4 is 26.2 Å². The van der Waals surface area contributed by atoms with Gasteiger partial charge in [-0.1, -0.05) is 6.07 Å². The predicted octanol–water partition coefficient (Wildman–Crippen LogP) is 1.47. The van der Waals surface area contributed by atoms with Crippen LogP contribution in [0.4, 0.5) is 11.4 Å². The Morgan fingerprint density at radius 2 is 2.06 bits per heavy atom. The lowest BCUT2D eigenvalue weighted by Crippen LogP contribution is -2.58. The second kappa shape index (κ2) is 11.5. The smallest absolute Gasteiger partial charge is 0.237 e. The molecule has 2 aromatic rings. The summed E-state index contributed by atoms with van der Waals surface area (Å²) in [6.45, 7) is 1.73. The normalized spacial score (nSPS) is 21.5. The molecule has 2 fully saturated rings. The fourth-order valence-electron chi connectivity index (χ4n) is 4.63. The van der Waals surface area contributed by atoms with E-state index in [4.69, 9.17) is 12.2 Å². The van der Waals surface area contributed by atoms with Crippen LogP contribution in [0.1, 0.15) is 24.8 Å². The SMILES string of the molecule is CN(C)c1ccc(NC(=S)NC2CC3C(=O)NCC(CCC(=O)NCc4cccnc4)N3C2)cc1. The topological polar surface area (TPSA) is 102 Å². The number of hydrogen-bond donors (Lipinski definition) is 4. The van der Waals surface area contributed by atoms with Gasteiger partial charge < -0.3 is 26.2 Å². The van der Waals surface area contributed by atoms with Crippen molar-refractivity contribution in [3.63, 3.8) is 0 Å². The van der Waals surface area contributed by atoms with Crippen LogP contribution in [0.5, 0.6) is 0 Å². The molecule has 2 aliphatic rings. The highest BCUT2D eigenvalue weighted by Crippen LogP contribution is 2.26. The number of aromatic nitrogens is 1. The molecule has 0 radical (unpaired) electrons. The van der Waals surface area contributed by atoms with Gasteiger partial charge in [0.1, 0.15) is 0 Å². The Labute approximate surface area is 211 Å². The van der Waals surface area contributed by atoms with Gasteiger partial charge in [0.25, 0.3) is 0 Å². The van der Waals surface area contributed by atoms with Crippen LogP contribution in [-0.4, -0.2) is 72.1 Å². The van der Waals surface area contributed by atoms with E-state index in [-0.39, 0.29) is 29.9 Å². The van der Waals surface area contributed by atoms with Crippen LogP contribution in [0, 0.1) is 0 Å². The molecule has 2 amide bonds. The zero-order valence-electron chi connectivity index (χ0n) is 20.2. The minimum atomic E-state index is -0.202. The van der Waals surface area contributed by atoms with Gasteiger partial charge in [0.2, 0.25) is 11.8 Å². The average molecular weight is 496 g/mol. The van der Waals surface area contributed by atoms with Gasteiger partial charge in [0.15, 0.2) is 5.11 Å². The fourth-order valence-corrected chi connectivity index (χ4v) is 4.92. The molecule has 4 rings (SSSR count). The minimum Gasteiger partial charge on any atom is -0.378 e. The van der Waals surface area contributed by atoms with Gasteiger partial charge in [-0.3, -0.25) is 19.5 Å². The first-order valence-electron chi connectivity index (χ1n) is 11.9. The van der Waals surface area contributed by atoms with Gasteiger partial charge in [0.05, 0.1) is 6.04 Å². The van der Waals surface area contributed by atoms with Crippen molar-refractivity contribution in [3.05, 3.63) is 54.4 Å². The van der Waals surface area contributed by atoms with Gasteiger partial charge in [-0.25, -0.2) is 0 Å². The molecule has 1 aromatic heterocycles. The molecular weight excluding hydrogens is 462 g/mol. The molecule has 0 spiro atoms. The Bertz CT molecular complexity index is 1030. The number of nitrogens with one attached hydrogen (secondary N) is 4. The summed E-state index contributed by atoms with van der Waals surface area (Å²) in [5, 5.41) is 13.1. The van der Waals surface area contributed by atoms with E-state index >= 15 is 0 Å². The number of hydrogen-bond acceptors (Lipinski definition) is 6. The molecule has 186 valence electrons. The largest absolute Gasteiger partial charge is 0.378 e. The monoisotopic (exact) mass is 495 g/mol. The summed E-state index contributed by atoms with van der Waals surface area (Å²) < 4.78 is 0. The zero-order valence-corrected chi connectivity index (χ0v) is 21.0. The first kappa shape index (κ1) is 24.9. The van der Waals surface area contributed by atoms with Crippen LogP contribution in [0.25, 0.3) is 0 Å². The van der Waals surface area contributed by atoms with Crippen molar-refractivity contribution < 1.29 is 9.59 Å². The third kappa shape index (κ3) is 6.67. The maximum Gasteiger partial charge on any atom is 0.237 e. The molecule has 2 saturated heterocycles. The molecule has 4 N–H and O–H groups in total. The summed E-state index contributed by atoms with van der Waals surface area (Å²) in [7, 11) is 4.00. The molecule has 0 bridgehead atoms. The summed E-state index contributed by atoms with van der Waals surface area (Å²) in [4.78, 5) is 33.2. The van der Waals surface area contributed by atoms with E-state index in [2.05, 4.69) is 31.2 Å². The van der Waals surface area contributed by atoms with Crippen molar-refractivity contribution in [1.29, 1.82) is 0 Å². The van der Waals surface area contributed by atoms with E-state index < -0.39 is 0 Å². The minimum absolute atomic E-state index is 0.00170. The van der Waals surface area contributed by atoms with E-state index in [1.54, 1.807) is 12.4 Å². The zero-order chi connectivity index (χ0) is 24.8. The summed E-state index contributed by atoms with van der Waals surface area (Å²) in [6.07, 6.45) is 5.23. The highest BCUT2D eigenvalue weighted by atomic mass is 32.1. The van der Waals surface area contributed by atoms with Crippen LogP contribution in [0.3, 0.4) is 0 Å². The Hall–Kier alpha value is -3.24. The van der Waals surface area contributed by atoms with Crippen LogP contribution in [0.15, 0.2) is 48.8 Å². The lowest BCUT2D eigenvalue weighted by Gasteiger charge is -2.37. The Morgan fingerprint density at radius 3 is 2.77 bits per heavy atom. The molecule has 0 aliphatic carbocycles. The van der Waals surface area contributed by atoms with E-state index in [1.807, 2.05) is 55.4 Å². The number of benzene rings is 1. The van der Waals surface area contributed by atoms with E-state index in [9.17, 15) is 9.59 Å². The van der Waals surface area contributed by atoms with Gasteiger partial charge in [0, 0.05) is 76.0 Å². The summed E-state index contributed by atoms with van der Waals surface area (Å²) in [5.41, 5.74) is 3.00. The van der Waals surface area contributed by atoms with Gasteiger partial charge >= 0.3 is 0 Å². The van der Waals surface area contributed by atoms with Crippen molar-refractivity contribution in [3.8, 4) is 0 Å². The lowest BCUT2D eigenvalue weighted by molar-refractivity contribution is -0.129. The summed E-state index contributed by atoms with van der Waals surface area (Å²) in [5.74, 6) is 0.0477. The number of piperazine rings is 1. The second-order valence-electron chi connectivity index (χ2n) is 9.26. The van der Waals surface area contributed by atoms with Crippen molar-refractivity contribution in [2.75, 3.05) is 37.4 Å². The Morgan fingerprint density at radius 1 is 1.26 bits per heavy atom. The fraction of sp³-hybridized carbons (Fsp3) is 0.440. The number of nitrogens with zero attached hydrogens (tertiary/aromatic N) is 3. The molecule has 10 heteroatoms. The van der Waals surface area contributed by atoms with Gasteiger partial charge in [-0.15, -0.1) is 0 Å². The first-order chi connectivity index (χ1) is 16.9. The summed E-state index contributed by atoms with van der Waals surface area (Å²) >= 11 is 5.53. The third-order valence-electron chi connectivity index (χ3n) is 6.52. The molecule has 9 nitrogen and oxygen atoms in total. The maximum atomic E-state index is 12.5. The lowest BCUT2D eigenvalue weighted by atomic mass is 10.0. The van der Waals surface area contributed by atoms with E-state index in [0.29, 0.717) is 44.0 Å². The highest BCUT2D eigenvalue weighted by Gasteiger charge is 2.43. The predicted molar refractivity (Wildman–Crippen MR) is 141 cm³/mol. The highest BCUT2D eigenvalue weighted by molar-refractivity contribution is 7.80. The van der Waals surface area contributed by atoms with Crippen molar-refractivity contribution in [1.82, 2.24) is 25.8 Å². The molecular formula is C25H33N7O2S. The number of carbonyl (C=O) groups excluding carboxylic acids is 2. The van der Waals surface area contributed by atoms with Gasteiger partial charge in [-0.2, -0.15) is 0 Å². The van der Waals surface area contributed by atoms with E-state index in [0.717, 1.165) is 16.9 Å². The molecule has 1 aromatic carbocycles. The van der Waals surface area contributed by atoms with Crippen LogP contribution in [0.2, 0.25) is 0 Å². The van der Waals surface area contributed by atoms with Crippen molar-refractivity contribution in [2.24, 2.45) is 0 Å². The summed E-state index contributed by atoms with van der Waals surface area (Å²) in [6, 6.07) is 11.8. The Kier molecular flexibility index (Phi) is 8.14. The first-order valence-corrected chi connectivity index (χ1v) is 12.3. The Balaban J connectivity index is 1.25. The number of anilines is 2. The molecule has 3 unspecified atom stereocenters. The number of pyridine rings is 1. The number of carbonyl (C=O) groups is 2. The molecule has 3 heterocycles. The quantitative estimate of drug-likeness (QED) is 0.409. The van der Waals surface area contributed by atoms with Crippen molar-refractivity contribution in [2.45, 2.75) is 43.9 Å². The number of thiocarbonyl (C=S) groups is 1. The molecule has 2 aliphatic heterocycles. The van der Waals surface area contributed by atoms with Crippen molar-refractivity contribution >= 4 is 40.5 Å². The molecule has 3 atom stereocenters. The maximum absolute atomic E-state index is 12.5. The number of fused-ring (bicyclic) bond motifs is 1. The number of rotatable bonds is 8. The van der Waals surface area contributed by atoms with Crippen LogP contribution >= 0.6 is 12.2 Å². The molecule has 35 heavy (non-hydrogen) atoms. The van der Waals surface area contributed by atoms with E-state index in [1.165, 1.54) is 0 Å². The standard InChI is InChI=1S/C25H33N7O2S/c1-31(2)20-7-5-18(6-8-20)29-25(35)30-19-12-22-24(34)28-15-21(32(22)16-19)9-10-23(33)27-14-17-4-3-11-26-13-17/h3-8,11,13,19,21-22H,9-10,12,14-16H2,1-2H3,(H,27,33)(H,28,34)(H2,29,30,35). The molecule has 0 saturated carbocycles. The third-order valence-corrected chi connectivity index (χ3v) is 6.74.